The van der Waals surface area contributed by atoms with Crippen molar-refractivity contribution in [3.63, 3.8) is 0 Å². The Kier molecular flexibility index (Phi) is 2.32. The maximum Gasteiger partial charge on any atom is 0.0264 e. The summed E-state index contributed by atoms with van der Waals surface area (Å²) in [6.45, 7) is 14.3. The molecule has 0 spiro atoms. The van der Waals surface area contributed by atoms with Crippen molar-refractivity contribution < 1.29 is 0 Å². The normalized spacial score (nSPS) is 23.5. The first-order chi connectivity index (χ1) is 5.21. The van der Waals surface area contributed by atoms with Crippen LogP contribution in [0, 0.1) is 10.8 Å². The van der Waals surface area contributed by atoms with Crippen LogP contribution in [-0.4, -0.2) is 10.5 Å². The van der Waals surface area contributed by atoms with Gasteiger partial charge in [-0.2, -0.15) is 11.8 Å². The van der Waals surface area contributed by atoms with E-state index in [0.29, 0.717) is 15.6 Å². The molecular formula is C11H22S. The first kappa shape index (κ1) is 10.4. The molecule has 72 valence electrons. The zero-order valence-corrected chi connectivity index (χ0v) is 10.1. The second kappa shape index (κ2) is 2.67. The van der Waals surface area contributed by atoms with Crippen molar-refractivity contribution in [3.05, 3.63) is 0 Å². The van der Waals surface area contributed by atoms with Crippen LogP contribution < -0.4 is 0 Å². The van der Waals surface area contributed by atoms with Gasteiger partial charge >= 0.3 is 0 Å². The van der Waals surface area contributed by atoms with E-state index in [1.807, 2.05) is 0 Å². The Balaban J connectivity index is 2.92. The molecule has 0 nitrogen and oxygen atoms in total. The van der Waals surface area contributed by atoms with Gasteiger partial charge < -0.3 is 0 Å². The van der Waals surface area contributed by atoms with Crippen LogP contribution >= 0.6 is 11.8 Å². The second-order valence-electron chi connectivity index (χ2n) is 5.93. The van der Waals surface area contributed by atoms with Crippen LogP contribution in [0.5, 0.6) is 0 Å². The molecule has 1 rings (SSSR count). The fourth-order valence-electron chi connectivity index (χ4n) is 2.61. The van der Waals surface area contributed by atoms with Crippen LogP contribution in [0.15, 0.2) is 0 Å². The number of rotatable bonds is 0. The molecule has 0 bridgehead atoms. The average Bonchev–Trinajstić information content (AvgIpc) is 1.47. The highest BCUT2D eigenvalue weighted by Gasteiger charge is 2.54. The highest BCUT2D eigenvalue weighted by molar-refractivity contribution is 8.02. The van der Waals surface area contributed by atoms with Crippen LogP contribution in [0.25, 0.3) is 0 Å². The standard InChI is InChI=1S/C11H22S/c1-9(2,3)11(7-8-12-11)10(4,5)6/h7-8H2,1-6H3. The Morgan fingerprint density at radius 2 is 1.25 bits per heavy atom. The van der Waals surface area contributed by atoms with Gasteiger partial charge in [-0.15, -0.1) is 0 Å². The molecule has 0 amide bonds. The van der Waals surface area contributed by atoms with Gasteiger partial charge in [0.15, 0.2) is 0 Å². The van der Waals surface area contributed by atoms with Crippen LogP contribution in [0.1, 0.15) is 48.0 Å². The molecule has 0 saturated carbocycles. The Bertz CT molecular complexity index is 148. The summed E-state index contributed by atoms with van der Waals surface area (Å²) >= 11 is 2.17. The molecule has 1 fully saturated rings. The fourth-order valence-corrected chi connectivity index (χ4v) is 4.09. The van der Waals surface area contributed by atoms with E-state index >= 15 is 0 Å². The third-order valence-corrected chi connectivity index (χ3v) is 5.56. The molecular weight excluding hydrogens is 164 g/mol. The van der Waals surface area contributed by atoms with Crippen LogP contribution in [0.2, 0.25) is 0 Å². The largest absolute Gasteiger partial charge is 0.154 e. The van der Waals surface area contributed by atoms with Crippen LogP contribution in [0.3, 0.4) is 0 Å². The van der Waals surface area contributed by atoms with E-state index in [9.17, 15) is 0 Å². The maximum atomic E-state index is 2.38. The van der Waals surface area contributed by atoms with E-state index in [-0.39, 0.29) is 0 Å². The summed E-state index contributed by atoms with van der Waals surface area (Å²) in [4.78, 5) is 0. The molecule has 0 radical (unpaired) electrons. The van der Waals surface area contributed by atoms with Gasteiger partial charge in [0.2, 0.25) is 0 Å². The zero-order valence-electron chi connectivity index (χ0n) is 9.32. The topological polar surface area (TPSA) is 0 Å². The molecule has 1 aliphatic rings. The number of thioether (sulfide) groups is 1. The van der Waals surface area contributed by atoms with Gasteiger partial charge in [-0.25, -0.2) is 0 Å². The fraction of sp³-hybridized carbons (Fsp3) is 1.00. The maximum absolute atomic E-state index is 2.38. The van der Waals surface area contributed by atoms with Gasteiger partial charge in [0.05, 0.1) is 0 Å². The minimum atomic E-state index is 0.439. The van der Waals surface area contributed by atoms with Gasteiger partial charge in [-0.3, -0.25) is 0 Å². The molecule has 0 aromatic heterocycles. The molecule has 12 heavy (non-hydrogen) atoms. The van der Waals surface area contributed by atoms with E-state index in [2.05, 4.69) is 53.3 Å². The van der Waals surface area contributed by atoms with Crippen molar-refractivity contribution >= 4 is 11.8 Å². The SMILES string of the molecule is CC(C)(C)C1(C(C)(C)C)CCS1. The highest BCUT2D eigenvalue weighted by atomic mass is 32.2. The Morgan fingerprint density at radius 3 is 1.25 bits per heavy atom. The molecule has 1 heteroatoms. The summed E-state index contributed by atoms with van der Waals surface area (Å²) in [5, 5.41) is 0. The minimum Gasteiger partial charge on any atom is -0.154 e. The summed E-state index contributed by atoms with van der Waals surface area (Å²) in [6, 6.07) is 0. The molecule has 0 aromatic rings. The Labute approximate surface area is 81.5 Å². The van der Waals surface area contributed by atoms with Gasteiger partial charge in [-0.05, 0) is 23.0 Å². The van der Waals surface area contributed by atoms with Crippen molar-refractivity contribution in [2.24, 2.45) is 10.8 Å². The molecule has 0 aromatic carbocycles. The molecule has 1 saturated heterocycles. The van der Waals surface area contributed by atoms with Gasteiger partial charge in [0.1, 0.15) is 0 Å². The molecule has 1 aliphatic heterocycles. The smallest absolute Gasteiger partial charge is 0.0264 e. The van der Waals surface area contributed by atoms with Crippen LogP contribution in [-0.2, 0) is 0 Å². The summed E-state index contributed by atoms with van der Waals surface area (Å²) in [7, 11) is 0. The lowest BCUT2D eigenvalue weighted by atomic mass is 9.64. The van der Waals surface area contributed by atoms with Gasteiger partial charge in [-0.1, -0.05) is 41.5 Å². The highest BCUT2D eigenvalue weighted by Crippen LogP contribution is 2.61. The predicted molar refractivity (Wildman–Crippen MR) is 58.7 cm³/mol. The zero-order chi connectivity index (χ0) is 9.62. The van der Waals surface area contributed by atoms with E-state index in [0.717, 1.165) is 0 Å². The van der Waals surface area contributed by atoms with Crippen molar-refractivity contribution in [2.45, 2.75) is 52.7 Å². The second-order valence-corrected chi connectivity index (χ2v) is 7.32. The summed E-state index contributed by atoms with van der Waals surface area (Å²) in [5.74, 6) is 1.36. The van der Waals surface area contributed by atoms with Crippen molar-refractivity contribution in [2.75, 3.05) is 5.75 Å². The monoisotopic (exact) mass is 186 g/mol. The summed E-state index contributed by atoms with van der Waals surface area (Å²) in [6.07, 6.45) is 1.39. The van der Waals surface area contributed by atoms with E-state index in [4.69, 9.17) is 0 Å². The third-order valence-electron chi connectivity index (χ3n) is 3.23. The predicted octanol–water partition coefficient (Wildman–Crippen LogP) is 3.95. The molecule has 0 atom stereocenters. The van der Waals surface area contributed by atoms with Gasteiger partial charge in [0, 0.05) is 4.75 Å². The summed E-state index contributed by atoms with van der Waals surface area (Å²) < 4.78 is 0.514. The van der Waals surface area contributed by atoms with Gasteiger partial charge in [0.25, 0.3) is 0 Å². The average molecular weight is 186 g/mol. The molecule has 0 aliphatic carbocycles. The lowest BCUT2D eigenvalue weighted by Crippen LogP contribution is -2.55. The van der Waals surface area contributed by atoms with E-state index in [1.165, 1.54) is 12.2 Å². The number of hydrogen-bond acceptors (Lipinski definition) is 1. The first-order valence-electron chi connectivity index (χ1n) is 4.85. The molecule has 0 unspecified atom stereocenters. The lowest BCUT2D eigenvalue weighted by molar-refractivity contribution is 0.125. The molecule has 1 heterocycles. The van der Waals surface area contributed by atoms with E-state index in [1.54, 1.807) is 0 Å². The Morgan fingerprint density at radius 1 is 0.917 bits per heavy atom. The summed E-state index contributed by atoms with van der Waals surface area (Å²) in [5.41, 5.74) is 0.877. The van der Waals surface area contributed by atoms with Crippen molar-refractivity contribution in [1.29, 1.82) is 0 Å². The van der Waals surface area contributed by atoms with Crippen molar-refractivity contribution in [1.82, 2.24) is 0 Å². The first-order valence-corrected chi connectivity index (χ1v) is 5.83. The van der Waals surface area contributed by atoms with Crippen molar-refractivity contribution in [3.8, 4) is 0 Å². The Hall–Kier alpha value is 0.350. The van der Waals surface area contributed by atoms with E-state index < -0.39 is 0 Å². The lowest BCUT2D eigenvalue weighted by Gasteiger charge is -2.59. The molecule has 0 N–H and O–H groups in total. The third kappa shape index (κ3) is 1.30. The number of hydrogen-bond donors (Lipinski definition) is 0. The minimum absolute atomic E-state index is 0.439. The quantitative estimate of drug-likeness (QED) is 0.552. The van der Waals surface area contributed by atoms with Crippen LogP contribution in [0.4, 0.5) is 0 Å².